The number of likely N-dealkylation sites (tertiary alicyclic amines) is 1. The predicted octanol–water partition coefficient (Wildman–Crippen LogP) is 0.909. The van der Waals surface area contributed by atoms with Crippen LogP contribution in [0.25, 0.3) is 0 Å². The third-order valence-corrected chi connectivity index (χ3v) is 5.21. The van der Waals surface area contributed by atoms with E-state index in [-0.39, 0.29) is 23.7 Å². The number of hydrogen-bond acceptors (Lipinski definition) is 4. The Hall–Kier alpha value is -2.90. The number of nitrogens with two attached hydrogens (primary N) is 2. The van der Waals surface area contributed by atoms with Gasteiger partial charge in [0.25, 0.3) is 0 Å². The maximum atomic E-state index is 13.2. The van der Waals surface area contributed by atoms with E-state index < -0.39 is 12.1 Å². The average Bonchev–Trinajstić information content (AvgIpc) is 3.21. The normalized spacial score (nSPS) is 18.0. The molecule has 8 heteroatoms. The zero-order chi connectivity index (χ0) is 21.2. The van der Waals surface area contributed by atoms with E-state index in [2.05, 4.69) is 10.3 Å². The number of nitrogens with one attached hydrogen (secondary N) is 1. The van der Waals surface area contributed by atoms with E-state index >= 15 is 0 Å². The number of guanidine groups is 1. The van der Waals surface area contributed by atoms with Gasteiger partial charge >= 0.3 is 0 Å². The van der Waals surface area contributed by atoms with Crippen molar-refractivity contribution in [1.29, 1.82) is 0 Å². The van der Waals surface area contributed by atoms with Crippen LogP contribution in [0.5, 0.6) is 0 Å². The Morgan fingerprint density at radius 3 is 2.66 bits per heavy atom. The molecule has 0 spiro atoms. The van der Waals surface area contributed by atoms with Crippen LogP contribution in [-0.2, 0) is 14.4 Å². The lowest BCUT2D eigenvalue weighted by atomic mass is 9.94. The Labute approximate surface area is 171 Å². The highest BCUT2D eigenvalue weighted by molar-refractivity contribution is 5.92. The van der Waals surface area contributed by atoms with E-state index in [4.69, 9.17) is 11.5 Å². The van der Waals surface area contributed by atoms with Crippen LogP contribution in [0.3, 0.4) is 0 Å². The van der Waals surface area contributed by atoms with Crippen molar-refractivity contribution in [2.24, 2.45) is 16.5 Å². The molecule has 3 atom stereocenters. The highest BCUT2D eigenvalue weighted by Crippen LogP contribution is 2.27. The SMILES string of the molecule is CC[C@H](C(=O)N1CCC[C@H]1C(=O)NC(C=O)CCCN=C(N)N)c1ccccc1. The summed E-state index contributed by atoms with van der Waals surface area (Å²) in [6.07, 6.45) is 3.76. The van der Waals surface area contributed by atoms with E-state index in [1.807, 2.05) is 37.3 Å². The van der Waals surface area contributed by atoms with Gasteiger partial charge in [0.1, 0.15) is 12.3 Å². The van der Waals surface area contributed by atoms with Crippen molar-refractivity contribution >= 4 is 24.1 Å². The van der Waals surface area contributed by atoms with Crippen LogP contribution in [-0.4, -0.2) is 54.1 Å². The van der Waals surface area contributed by atoms with Gasteiger partial charge in [0.2, 0.25) is 11.8 Å². The van der Waals surface area contributed by atoms with Gasteiger partial charge in [-0.05, 0) is 37.7 Å². The molecule has 1 heterocycles. The molecule has 2 rings (SSSR count). The van der Waals surface area contributed by atoms with Crippen molar-refractivity contribution in [3.63, 3.8) is 0 Å². The lowest BCUT2D eigenvalue weighted by Gasteiger charge is -2.28. The zero-order valence-electron chi connectivity index (χ0n) is 16.9. The number of hydrogen-bond donors (Lipinski definition) is 3. The molecule has 0 radical (unpaired) electrons. The van der Waals surface area contributed by atoms with E-state index in [1.54, 1.807) is 4.90 Å². The van der Waals surface area contributed by atoms with Gasteiger partial charge in [-0.2, -0.15) is 0 Å². The van der Waals surface area contributed by atoms with Gasteiger partial charge < -0.3 is 26.5 Å². The molecule has 0 bridgehead atoms. The number of carbonyl (C=O) groups excluding carboxylic acids is 3. The minimum absolute atomic E-state index is 0.000642. The fraction of sp³-hybridized carbons (Fsp3) is 0.524. The molecule has 1 aliphatic heterocycles. The van der Waals surface area contributed by atoms with Gasteiger partial charge in [0.15, 0.2) is 5.96 Å². The summed E-state index contributed by atoms with van der Waals surface area (Å²) >= 11 is 0. The van der Waals surface area contributed by atoms with Crippen LogP contribution in [0, 0.1) is 0 Å². The maximum Gasteiger partial charge on any atom is 0.243 e. The first-order chi connectivity index (χ1) is 14.0. The van der Waals surface area contributed by atoms with Crippen LogP contribution in [0.15, 0.2) is 35.3 Å². The standard InChI is InChI=1S/C21H31N5O3/c1-2-17(15-8-4-3-5-9-15)20(29)26-13-7-11-18(26)19(28)25-16(14-27)10-6-12-24-21(22)23/h3-5,8-9,14,16-18H,2,6-7,10-13H2,1H3,(H,25,28)(H4,22,23,24)/t16?,17-,18-/m0/s1. The van der Waals surface area contributed by atoms with Gasteiger partial charge in [-0.3, -0.25) is 14.6 Å². The maximum absolute atomic E-state index is 13.2. The Balaban J connectivity index is 1.99. The van der Waals surface area contributed by atoms with Crippen LogP contribution < -0.4 is 16.8 Å². The molecule has 0 saturated carbocycles. The van der Waals surface area contributed by atoms with Crippen LogP contribution >= 0.6 is 0 Å². The summed E-state index contributed by atoms with van der Waals surface area (Å²) in [5.41, 5.74) is 11.5. The van der Waals surface area contributed by atoms with Crippen LogP contribution in [0.1, 0.15) is 50.5 Å². The fourth-order valence-electron chi connectivity index (χ4n) is 3.71. The molecule has 1 fully saturated rings. The van der Waals surface area contributed by atoms with Crippen molar-refractivity contribution in [2.45, 2.75) is 57.0 Å². The van der Waals surface area contributed by atoms with E-state index in [9.17, 15) is 14.4 Å². The number of carbonyl (C=O) groups is 3. The Morgan fingerprint density at radius 1 is 1.31 bits per heavy atom. The molecule has 1 aliphatic rings. The van der Waals surface area contributed by atoms with E-state index in [0.717, 1.165) is 12.0 Å². The van der Waals surface area contributed by atoms with Crippen molar-refractivity contribution in [3.05, 3.63) is 35.9 Å². The molecular formula is C21H31N5O3. The molecule has 1 aromatic rings. The second kappa shape index (κ2) is 11.2. The highest BCUT2D eigenvalue weighted by atomic mass is 16.2. The zero-order valence-corrected chi connectivity index (χ0v) is 16.9. The molecule has 1 unspecified atom stereocenters. The smallest absolute Gasteiger partial charge is 0.243 e. The molecule has 0 aromatic heterocycles. The fourth-order valence-corrected chi connectivity index (χ4v) is 3.71. The van der Waals surface area contributed by atoms with Crippen molar-refractivity contribution in [1.82, 2.24) is 10.2 Å². The molecule has 1 aromatic carbocycles. The molecule has 158 valence electrons. The van der Waals surface area contributed by atoms with E-state index in [1.165, 1.54) is 0 Å². The van der Waals surface area contributed by atoms with Gasteiger partial charge in [0, 0.05) is 13.1 Å². The number of benzene rings is 1. The predicted molar refractivity (Wildman–Crippen MR) is 112 cm³/mol. The summed E-state index contributed by atoms with van der Waals surface area (Å²) in [7, 11) is 0. The van der Waals surface area contributed by atoms with Crippen molar-refractivity contribution < 1.29 is 14.4 Å². The van der Waals surface area contributed by atoms with Crippen LogP contribution in [0.4, 0.5) is 0 Å². The molecule has 2 amide bonds. The Kier molecular flexibility index (Phi) is 8.64. The quantitative estimate of drug-likeness (QED) is 0.232. The first-order valence-corrected chi connectivity index (χ1v) is 10.1. The molecule has 29 heavy (non-hydrogen) atoms. The summed E-state index contributed by atoms with van der Waals surface area (Å²) in [6.45, 7) is 2.92. The van der Waals surface area contributed by atoms with Gasteiger partial charge in [-0.1, -0.05) is 37.3 Å². The van der Waals surface area contributed by atoms with Crippen molar-refractivity contribution in [2.75, 3.05) is 13.1 Å². The number of aliphatic imine (C=N–C) groups is 1. The third kappa shape index (κ3) is 6.30. The topological polar surface area (TPSA) is 131 Å². The number of rotatable bonds is 10. The largest absolute Gasteiger partial charge is 0.370 e. The summed E-state index contributed by atoms with van der Waals surface area (Å²) in [5.74, 6) is -0.587. The highest BCUT2D eigenvalue weighted by Gasteiger charge is 2.37. The number of amides is 2. The molecule has 0 aliphatic carbocycles. The summed E-state index contributed by atoms with van der Waals surface area (Å²) in [6, 6.07) is 8.46. The minimum Gasteiger partial charge on any atom is -0.370 e. The Morgan fingerprint density at radius 2 is 2.03 bits per heavy atom. The average molecular weight is 402 g/mol. The Bertz CT molecular complexity index is 718. The van der Waals surface area contributed by atoms with Crippen LogP contribution in [0.2, 0.25) is 0 Å². The number of nitrogens with zero attached hydrogens (tertiary/aromatic N) is 2. The summed E-state index contributed by atoms with van der Waals surface area (Å²) in [4.78, 5) is 42.8. The third-order valence-electron chi connectivity index (χ3n) is 5.21. The monoisotopic (exact) mass is 401 g/mol. The second-order valence-electron chi connectivity index (χ2n) is 7.26. The minimum atomic E-state index is -0.620. The lowest BCUT2D eigenvalue weighted by molar-refractivity contribution is -0.140. The molecule has 5 N–H and O–H groups in total. The van der Waals surface area contributed by atoms with E-state index in [0.29, 0.717) is 45.1 Å². The van der Waals surface area contributed by atoms with Gasteiger partial charge in [0.05, 0.1) is 12.0 Å². The van der Waals surface area contributed by atoms with Crippen molar-refractivity contribution in [3.8, 4) is 0 Å². The number of aldehydes is 1. The summed E-state index contributed by atoms with van der Waals surface area (Å²) < 4.78 is 0. The summed E-state index contributed by atoms with van der Waals surface area (Å²) in [5, 5.41) is 2.77. The molecule has 1 saturated heterocycles. The second-order valence-corrected chi connectivity index (χ2v) is 7.26. The molecular weight excluding hydrogens is 370 g/mol. The van der Waals surface area contributed by atoms with Gasteiger partial charge in [-0.25, -0.2) is 0 Å². The molecule has 8 nitrogen and oxygen atoms in total. The van der Waals surface area contributed by atoms with Gasteiger partial charge in [-0.15, -0.1) is 0 Å². The lowest BCUT2D eigenvalue weighted by Crippen LogP contribution is -2.50. The first kappa shape index (κ1) is 22.4. The first-order valence-electron chi connectivity index (χ1n) is 10.1.